The number of benzene rings is 2. The molecule has 2 aromatic carbocycles. The lowest BCUT2D eigenvalue weighted by atomic mass is 10.1. The molecule has 1 amide bonds. The van der Waals surface area contributed by atoms with Gasteiger partial charge in [-0.3, -0.25) is 9.78 Å². The fourth-order valence-electron chi connectivity index (χ4n) is 3.76. The number of aromatic nitrogens is 1. The van der Waals surface area contributed by atoms with Crippen molar-refractivity contribution in [1.29, 1.82) is 0 Å². The van der Waals surface area contributed by atoms with E-state index in [1.165, 1.54) is 17.7 Å². The minimum Gasteiger partial charge on any atom is -0.384 e. The summed E-state index contributed by atoms with van der Waals surface area (Å²) in [6.07, 6.45) is 5.55. The predicted molar refractivity (Wildman–Crippen MR) is 110 cm³/mol. The van der Waals surface area contributed by atoms with E-state index in [0.717, 1.165) is 38.8 Å². The number of hydrogen-bond acceptors (Lipinski definition) is 3. The lowest BCUT2D eigenvalue weighted by molar-refractivity contribution is 0.0793. The molecule has 1 aliphatic heterocycles. The van der Waals surface area contributed by atoms with Crippen molar-refractivity contribution in [1.82, 2.24) is 9.88 Å². The van der Waals surface area contributed by atoms with Gasteiger partial charge in [-0.2, -0.15) is 0 Å². The molecule has 0 saturated carbocycles. The van der Waals surface area contributed by atoms with Gasteiger partial charge in [-0.25, -0.2) is 4.39 Å². The van der Waals surface area contributed by atoms with Gasteiger partial charge in [0.15, 0.2) is 0 Å². The van der Waals surface area contributed by atoms with Crippen LogP contribution in [0.5, 0.6) is 0 Å². The lowest BCUT2D eigenvalue weighted by Crippen LogP contribution is -2.28. The normalized spacial score (nSPS) is 13.8. The molecule has 1 saturated heterocycles. The minimum absolute atomic E-state index is 0.0262. The van der Waals surface area contributed by atoms with E-state index in [0.29, 0.717) is 28.7 Å². The highest BCUT2D eigenvalue weighted by atomic mass is 19.1. The SMILES string of the molecule is O=C(c1cnc2ccc(F)cc2c1NCCCc1ccccc1)N1CCCC1. The van der Waals surface area contributed by atoms with Crippen LogP contribution in [0.1, 0.15) is 35.2 Å². The van der Waals surface area contributed by atoms with Crippen LogP contribution in [0.25, 0.3) is 10.9 Å². The summed E-state index contributed by atoms with van der Waals surface area (Å²) in [6.45, 7) is 2.24. The molecule has 0 atom stereocenters. The maximum Gasteiger partial charge on any atom is 0.257 e. The monoisotopic (exact) mass is 377 g/mol. The molecule has 28 heavy (non-hydrogen) atoms. The Kier molecular flexibility index (Phi) is 5.51. The summed E-state index contributed by atoms with van der Waals surface area (Å²) in [6, 6.07) is 14.8. The summed E-state index contributed by atoms with van der Waals surface area (Å²) in [5.74, 6) is -0.353. The number of anilines is 1. The zero-order valence-corrected chi connectivity index (χ0v) is 15.8. The van der Waals surface area contributed by atoms with Gasteiger partial charge in [0.2, 0.25) is 0 Å². The third kappa shape index (κ3) is 3.98. The van der Waals surface area contributed by atoms with Crippen LogP contribution in [0.4, 0.5) is 10.1 Å². The molecular formula is C23H24FN3O. The highest BCUT2D eigenvalue weighted by Crippen LogP contribution is 2.28. The number of nitrogens with one attached hydrogen (secondary N) is 1. The minimum atomic E-state index is -0.326. The Bertz CT molecular complexity index is 968. The molecule has 4 nitrogen and oxygen atoms in total. The first-order valence-corrected chi connectivity index (χ1v) is 9.88. The van der Waals surface area contributed by atoms with Crippen molar-refractivity contribution in [3.8, 4) is 0 Å². The van der Waals surface area contributed by atoms with E-state index in [2.05, 4.69) is 22.4 Å². The molecule has 1 fully saturated rings. The van der Waals surface area contributed by atoms with Gasteiger partial charge < -0.3 is 10.2 Å². The van der Waals surface area contributed by atoms with Gasteiger partial charge in [0, 0.05) is 31.2 Å². The maximum atomic E-state index is 13.9. The van der Waals surface area contributed by atoms with E-state index in [1.54, 1.807) is 12.3 Å². The number of rotatable bonds is 6. The van der Waals surface area contributed by atoms with Crippen molar-refractivity contribution >= 4 is 22.5 Å². The average molecular weight is 377 g/mol. The van der Waals surface area contributed by atoms with Crippen LogP contribution in [-0.4, -0.2) is 35.4 Å². The molecule has 1 aromatic heterocycles. The summed E-state index contributed by atoms with van der Waals surface area (Å²) in [7, 11) is 0. The van der Waals surface area contributed by atoms with Gasteiger partial charge in [0.25, 0.3) is 5.91 Å². The van der Waals surface area contributed by atoms with Crippen LogP contribution >= 0.6 is 0 Å². The molecular weight excluding hydrogens is 353 g/mol. The largest absolute Gasteiger partial charge is 0.384 e. The third-order valence-corrected chi connectivity index (χ3v) is 5.24. The Labute approximate surface area is 164 Å². The molecule has 1 aliphatic rings. The second-order valence-corrected chi connectivity index (χ2v) is 7.22. The van der Waals surface area contributed by atoms with Crippen molar-refractivity contribution < 1.29 is 9.18 Å². The molecule has 4 rings (SSSR count). The van der Waals surface area contributed by atoms with Crippen molar-refractivity contribution in [2.24, 2.45) is 0 Å². The molecule has 2 heterocycles. The molecule has 3 aromatic rings. The standard InChI is InChI=1S/C23H24FN3O/c24-18-10-11-21-19(15-18)22(25-12-6-9-17-7-2-1-3-8-17)20(16-26-21)23(28)27-13-4-5-14-27/h1-3,7-8,10-11,15-16H,4-6,9,12-14H2,(H,25,26). The van der Waals surface area contributed by atoms with Gasteiger partial charge in [0.05, 0.1) is 16.8 Å². The highest BCUT2D eigenvalue weighted by Gasteiger charge is 2.23. The molecule has 0 radical (unpaired) electrons. The van der Waals surface area contributed by atoms with Crippen molar-refractivity contribution in [2.75, 3.05) is 25.0 Å². The number of carbonyl (C=O) groups excluding carboxylic acids is 1. The van der Waals surface area contributed by atoms with Crippen LogP contribution in [0.15, 0.2) is 54.7 Å². The van der Waals surface area contributed by atoms with Gasteiger partial charge >= 0.3 is 0 Å². The fraction of sp³-hybridized carbons (Fsp3) is 0.304. The summed E-state index contributed by atoms with van der Waals surface area (Å²) in [5.41, 5.74) is 3.18. The Hall–Kier alpha value is -2.95. The number of nitrogens with zero attached hydrogens (tertiary/aromatic N) is 2. The van der Waals surface area contributed by atoms with Crippen molar-refractivity contribution in [3.63, 3.8) is 0 Å². The Morgan fingerprint density at radius 2 is 1.89 bits per heavy atom. The molecule has 144 valence electrons. The first-order chi connectivity index (χ1) is 13.7. The Balaban J connectivity index is 1.58. The zero-order chi connectivity index (χ0) is 19.3. The molecule has 0 spiro atoms. The lowest BCUT2D eigenvalue weighted by Gasteiger charge is -2.19. The van der Waals surface area contributed by atoms with E-state index >= 15 is 0 Å². The van der Waals surface area contributed by atoms with E-state index < -0.39 is 0 Å². The number of halogens is 1. The van der Waals surface area contributed by atoms with Gasteiger partial charge in [0.1, 0.15) is 5.82 Å². The molecule has 0 aliphatic carbocycles. The van der Waals surface area contributed by atoms with Crippen LogP contribution in [0.3, 0.4) is 0 Å². The first kappa shape index (κ1) is 18.4. The van der Waals surface area contributed by atoms with Crippen LogP contribution in [0, 0.1) is 5.82 Å². The topological polar surface area (TPSA) is 45.2 Å². The number of pyridine rings is 1. The number of fused-ring (bicyclic) bond motifs is 1. The highest BCUT2D eigenvalue weighted by molar-refractivity contribution is 6.07. The second-order valence-electron chi connectivity index (χ2n) is 7.22. The quantitative estimate of drug-likeness (QED) is 0.636. The number of hydrogen-bond donors (Lipinski definition) is 1. The average Bonchev–Trinajstić information content (AvgIpc) is 3.26. The summed E-state index contributed by atoms with van der Waals surface area (Å²) in [4.78, 5) is 19.3. The van der Waals surface area contributed by atoms with Crippen molar-refractivity contribution in [2.45, 2.75) is 25.7 Å². The number of amides is 1. The molecule has 5 heteroatoms. The van der Waals surface area contributed by atoms with Gasteiger partial charge in [-0.05, 0) is 49.4 Å². The maximum absolute atomic E-state index is 13.9. The van der Waals surface area contributed by atoms with Gasteiger partial charge in [-0.1, -0.05) is 30.3 Å². The Morgan fingerprint density at radius 3 is 2.68 bits per heavy atom. The van der Waals surface area contributed by atoms with E-state index in [1.807, 2.05) is 23.1 Å². The number of carbonyl (C=O) groups is 1. The fourth-order valence-corrected chi connectivity index (χ4v) is 3.76. The molecule has 0 unspecified atom stereocenters. The number of aryl methyl sites for hydroxylation is 1. The smallest absolute Gasteiger partial charge is 0.257 e. The third-order valence-electron chi connectivity index (χ3n) is 5.24. The number of likely N-dealkylation sites (tertiary alicyclic amines) is 1. The van der Waals surface area contributed by atoms with Crippen LogP contribution in [0.2, 0.25) is 0 Å². The van der Waals surface area contributed by atoms with E-state index in [-0.39, 0.29) is 11.7 Å². The van der Waals surface area contributed by atoms with Crippen molar-refractivity contribution in [3.05, 3.63) is 71.7 Å². The van der Waals surface area contributed by atoms with Crippen LogP contribution < -0.4 is 5.32 Å². The zero-order valence-electron chi connectivity index (χ0n) is 15.8. The predicted octanol–water partition coefficient (Wildman–Crippen LogP) is 4.65. The van der Waals surface area contributed by atoms with E-state index in [9.17, 15) is 9.18 Å². The Morgan fingerprint density at radius 1 is 1.11 bits per heavy atom. The van der Waals surface area contributed by atoms with Gasteiger partial charge in [-0.15, -0.1) is 0 Å². The van der Waals surface area contributed by atoms with E-state index in [4.69, 9.17) is 0 Å². The summed E-state index contributed by atoms with van der Waals surface area (Å²) < 4.78 is 13.9. The summed E-state index contributed by atoms with van der Waals surface area (Å²) in [5, 5.41) is 4.06. The van der Waals surface area contributed by atoms with Crippen LogP contribution in [-0.2, 0) is 6.42 Å². The first-order valence-electron chi connectivity index (χ1n) is 9.88. The second kappa shape index (κ2) is 8.38. The molecule has 0 bridgehead atoms. The molecule has 1 N–H and O–H groups in total. The summed E-state index contributed by atoms with van der Waals surface area (Å²) >= 11 is 0.